The normalized spacial score (nSPS) is 8.22. The Hall–Kier alpha value is -1.59. The fourth-order valence-corrected chi connectivity index (χ4v) is 0. The van der Waals surface area contributed by atoms with Crippen LogP contribution in [0.3, 0.4) is 0 Å². The number of carbonyl (C=O) groups is 3. The predicted octanol–water partition coefficient (Wildman–Crippen LogP) is 4.17. The third kappa shape index (κ3) is 63.8. The van der Waals surface area contributed by atoms with Gasteiger partial charge >= 0.3 is 5.97 Å². The van der Waals surface area contributed by atoms with Crippen molar-refractivity contribution in [3.63, 3.8) is 0 Å². The van der Waals surface area contributed by atoms with Crippen molar-refractivity contribution in [3.8, 4) is 0 Å². The Morgan fingerprint density at radius 3 is 0.870 bits per heavy atom. The molecule has 0 amide bonds. The van der Waals surface area contributed by atoms with Crippen LogP contribution in [-0.4, -0.2) is 28.1 Å². The zero-order chi connectivity index (χ0) is 17.7. The second kappa shape index (κ2) is 20.4. The Labute approximate surface area is 145 Å². The zero-order valence-electron chi connectivity index (χ0n) is 14.0. The van der Waals surface area contributed by atoms with Crippen LogP contribution in [0, 0.1) is 10.8 Å². The SMILES string of the molecule is C.C.C.CC.CC(=O)O.CC(C)(C)C(=O)O.CC(C)(C)C(=O)[O-].[HH]. The molecular weight excluding hydrogens is 300 g/mol. The predicted molar refractivity (Wildman–Crippen MR) is 98.5 cm³/mol. The maximum Gasteiger partial charge on any atom is 0.308 e. The molecule has 0 unspecified atom stereocenters. The van der Waals surface area contributed by atoms with Crippen molar-refractivity contribution in [1.82, 2.24) is 0 Å². The second-order valence-electron chi connectivity index (χ2n) is 5.61. The Morgan fingerprint density at radius 1 is 0.783 bits per heavy atom. The molecule has 0 aliphatic heterocycles. The van der Waals surface area contributed by atoms with Gasteiger partial charge in [-0.15, -0.1) is 0 Å². The summed E-state index contributed by atoms with van der Waals surface area (Å²) in [5, 5.41) is 25.6. The summed E-state index contributed by atoms with van der Waals surface area (Å²) in [6.45, 7) is 14.9. The minimum atomic E-state index is -1.01. The van der Waals surface area contributed by atoms with Crippen molar-refractivity contribution in [2.45, 2.75) is 84.6 Å². The summed E-state index contributed by atoms with van der Waals surface area (Å²) in [6.07, 6.45) is 0. The first-order valence-corrected chi connectivity index (χ1v) is 6.26. The molecule has 0 heterocycles. The monoisotopic (exact) mass is 343 g/mol. The van der Waals surface area contributed by atoms with E-state index in [1.54, 1.807) is 41.5 Å². The van der Waals surface area contributed by atoms with Crippen molar-refractivity contribution in [2.24, 2.45) is 10.8 Å². The van der Waals surface area contributed by atoms with E-state index in [2.05, 4.69) is 0 Å². The lowest BCUT2D eigenvalue weighted by Gasteiger charge is -2.18. The van der Waals surface area contributed by atoms with Crippen LogP contribution < -0.4 is 5.11 Å². The van der Waals surface area contributed by atoms with E-state index in [1.165, 1.54) is 0 Å². The lowest BCUT2D eigenvalue weighted by Crippen LogP contribution is -2.35. The Kier molecular flexibility index (Phi) is 38.1. The molecule has 6 nitrogen and oxygen atoms in total. The van der Waals surface area contributed by atoms with Gasteiger partial charge < -0.3 is 20.1 Å². The summed E-state index contributed by atoms with van der Waals surface area (Å²) in [5.74, 6) is -2.60. The minimum absolute atomic E-state index is 0. The molecule has 0 spiro atoms. The molecule has 2 N–H and O–H groups in total. The summed E-state index contributed by atoms with van der Waals surface area (Å²) in [6, 6.07) is 0. The number of hydrogen-bond donors (Lipinski definition) is 2. The maximum atomic E-state index is 10.0. The van der Waals surface area contributed by atoms with E-state index in [-0.39, 0.29) is 23.7 Å². The van der Waals surface area contributed by atoms with E-state index >= 15 is 0 Å². The summed E-state index contributed by atoms with van der Waals surface area (Å²) in [4.78, 5) is 28.9. The summed E-state index contributed by atoms with van der Waals surface area (Å²) >= 11 is 0. The van der Waals surface area contributed by atoms with E-state index in [0.29, 0.717) is 0 Å². The smallest absolute Gasteiger partial charge is 0.308 e. The highest BCUT2D eigenvalue weighted by Crippen LogP contribution is 2.11. The van der Waals surface area contributed by atoms with Gasteiger partial charge in [0.25, 0.3) is 5.97 Å². The molecule has 148 valence electrons. The van der Waals surface area contributed by atoms with Crippen molar-refractivity contribution in [1.29, 1.82) is 0 Å². The fourth-order valence-electron chi connectivity index (χ4n) is 0. The number of carbonyl (C=O) groups excluding carboxylic acids is 1. The molecule has 0 aromatic carbocycles. The summed E-state index contributed by atoms with van der Waals surface area (Å²) in [5.41, 5.74) is -1.28. The van der Waals surface area contributed by atoms with Crippen LogP contribution in [0.1, 0.15) is 86.0 Å². The first kappa shape index (κ1) is 43.0. The highest BCUT2D eigenvalue weighted by molar-refractivity contribution is 5.72. The fraction of sp³-hybridized carbons (Fsp3) is 0.824. The van der Waals surface area contributed by atoms with Crippen LogP contribution >= 0.6 is 0 Å². The van der Waals surface area contributed by atoms with Crippen molar-refractivity contribution >= 4 is 17.9 Å². The van der Waals surface area contributed by atoms with Crippen LogP contribution in [-0.2, 0) is 14.4 Å². The standard InChI is InChI=1S/2C5H10O2.C2H4O2.C2H6.3CH4.H2/c2*1-5(2,3)4(6)7;1-2(3)4;1-2;;;;/h2*1-3H3,(H,6,7);1H3,(H,3,4);1-2H3;3*1H4;1H/p-1. The molecule has 0 aliphatic carbocycles. The lowest BCUT2D eigenvalue weighted by molar-refractivity contribution is -0.316. The van der Waals surface area contributed by atoms with E-state index in [1.807, 2.05) is 13.8 Å². The van der Waals surface area contributed by atoms with Crippen molar-refractivity contribution in [2.75, 3.05) is 0 Å². The summed E-state index contributed by atoms with van der Waals surface area (Å²) < 4.78 is 0. The number of carboxylic acid groups (broad SMARTS) is 3. The number of hydrogen-bond acceptors (Lipinski definition) is 4. The van der Waals surface area contributed by atoms with Crippen molar-refractivity contribution < 1.29 is 31.1 Å². The molecule has 0 bridgehead atoms. The van der Waals surface area contributed by atoms with Gasteiger partial charge in [-0.1, -0.05) is 56.9 Å². The van der Waals surface area contributed by atoms with Gasteiger partial charge in [0.1, 0.15) is 0 Å². The molecule has 0 saturated heterocycles. The first-order chi connectivity index (χ1) is 8.62. The van der Waals surface area contributed by atoms with Crippen LogP contribution in [0.25, 0.3) is 0 Å². The summed E-state index contributed by atoms with van der Waals surface area (Å²) in [7, 11) is 0. The molecule has 0 aliphatic rings. The van der Waals surface area contributed by atoms with E-state index in [4.69, 9.17) is 15.0 Å². The largest absolute Gasteiger partial charge is 0.550 e. The molecular formula is C17H43O6-. The molecule has 6 heteroatoms. The number of aliphatic carboxylic acids is 3. The first-order valence-electron chi connectivity index (χ1n) is 6.26. The zero-order valence-corrected chi connectivity index (χ0v) is 14.0. The van der Waals surface area contributed by atoms with Crippen LogP contribution in [0.4, 0.5) is 0 Å². The number of carboxylic acids is 3. The second-order valence-corrected chi connectivity index (χ2v) is 5.61. The van der Waals surface area contributed by atoms with E-state index in [9.17, 15) is 14.7 Å². The van der Waals surface area contributed by atoms with Crippen LogP contribution in [0.5, 0.6) is 0 Å². The molecule has 0 radical (unpaired) electrons. The van der Waals surface area contributed by atoms with Gasteiger partial charge in [0.2, 0.25) is 0 Å². The average Bonchev–Trinajstić information content (AvgIpc) is 2.17. The number of rotatable bonds is 0. The maximum absolute atomic E-state index is 10.0. The average molecular weight is 344 g/mol. The van der Waals surface area contributed by atoms with Crippen LogP contribution in [0.15, 0.2) is 0 Å². The Balaban J connectivity index is -0.0000000240. The molecule has 0 fully saturated rings. The van der Waals surface area contributed by atoms with Gasteiger partial charge in [0.15, 0.2) is 0 Å². The molecule has 0 aromatic heterocycles. The van der Waals surface area contributed by atoms with Gasteiger partial charge in [-0.05, 0) is 20.8 Å². The van der Waals surface area contributed by atoms with Crippen LogP contribution in [0.2, 0.25) is 0 Å². The highest BCUT2D eigenvalue weighted by atomic mass is 16.4. The van der Waals surface area contributed by atoms with Gasteiger partial charge in [-0.25, -0.2) is 0 Å². The lowest BCUT2D eigenvalue weighted by atomic mass is 9.98. The third-order valence-corrected chi connectivity index (χ3v) is 1.25. The highest BCUT2D eigenvalue weighted by Gasteiger charge is 2.18. The minimum Gasteiger partial charge on any atom is -0.550 e. The molecule has 0 atom stereocenters. The molecule has 0 saturated carbocycles. The van der Waals surface area contributed by atoms with Gasteiger partial charge in [0.05, 0.1) is 5.41 Å². The van der Waals surface area contributed by atoms with E-state index < -0.39 is 28.7 Å². The molecule has 23 heavy (non-hydrogen) atoms. The topological polar surface area (TPSA) is 115 Å². The van der Waals surface area contributed by atoms with Gasteiger partial charge in [0, 0.05) is 19.7 Å². The Morgan fingerprint density at radius 2 is 0.870 bits per heavy atom. The van der Waals surface area contributed by atoms with E-state index in [0.717, 1.165) is 6.92 Å². The quantitative estimate of drug-likeness (QED) is 0.682. The third-order valence-electron chi connectivity index (χ3n) is 1.25. The molecule has 0 rings (SSSR count). The van der Waals surface area contributed by atoms with Gasteiger partial charge in [-0.2, -0.15) is 0 Å². The molecule has 0 aromatic rings. The Bertz CT molecular complexity index is 260. The van der Waals surface area contributed by atoms with Gasteiger partial charge in [-0.3, -0.25) is 9.59 Å². The van der Waals surface area contributed by atoms with Crippen molar-refractivity contribution in [3.05, 3.63) is 0 Å².